The van der Waals surface area contributed by atoms with Gasteiger partial charge in [-0.15, -0.1) is 0 Å². The lowest BCUT2D eigenvalue weighted by Gasteiger charge is -2.23. The maximum atomic E-state index is 12.9. The minimum absolute atomic E-state index is 0.0557. The van der Waals surface area contributed by atoms with Crippen molar-refractivity contribution in [3.8, 4) is 0 Å². The molecule has 1 saturated carbocycles. The fraction of sp³-hybridized carbons (Fsp3) is 0.800. The molecule has 92 valence electrons. The molecular formula is C10H15F2NO3. The summed E-state index contributed by atoms with van der Waals surface area (Å²) >= 11 is 0. The number of carboxylic acids is 1. The van der Waals surface area contributed by atoms with Crippen LogP contribution in [0, 0.1) is 11.3 Å². The van der Waals surface area contributed by atoms with Gasteiger partial charge in [-0.1, -0.05) is 6.92 Å². The van der Waals surface area contributed by atoms with E-state index in [1.165, 1.54) is 20.9 Å². The molecule has 1 amide bonds. The lowest BCUT2D eigenvalue weighted by Crippen LogP contribution is -2.39. The van der Waals surface area contributed by atoms with Crippen LogP contribution in [-0.2, 0) is 9.59 Å². The van der Waals surface area contributed by atoms with Gasteiger partial charge < -0.3 is 10.0 Å². The summed E-state index contributed by atoms with van der Waals surface area (Å²) in [5, 5.41) is 8.65. The second-order valence-electron chi connectivity index (χ2n) is 4.64. The molecule has 0 aromatic carbocycles. The van der Waals surface area contributed by atoms with Crippen LogP contribution >= 0.6 is 0 Å². The van der Waals surface area contributed by atoms with Crippen LogP contribution in [0.5, 0.6) is 0 Å². The van der Waals surface area contributed by atoms with Crippen molar-refractivity contribution in [2.24, 2.45) is 11.3 Å². The van der Waals surface area contributed by atoms with E-state index in [0.717, 1.165) is 4.90 Å². The first-order valence-corrected chi connectivity index (χ1v) is 4.98. The Morgan fingerprint density at radius 2 is 1.94 bits per heavy atom. The Hall–Kier alpha value is -1.20. The van der Waals surface area contributed by atoms with Crippen LogP contribution in [0.1, 0.15) is 20.3 Å². The Balaban J connectivity index is 2.60. The smallest absolute Gasteiger partial charge is 0.308 e. The molecule has 0 spiro atoms. The summed E-state index contributed by atoms with van der Waals surface area (Å²) in [5.41, 5.74) is -1.64. The number of carboxylic acid groups (broad SMARTS) is 1. The second kappa shape index (κ2) is 3.68. The molecule has 1 rings (SSSR count). The number of amides is 1. The van der Waals surface area contributed by atoms with Crippen LogP contribution in [0.4, 0.5) is 8.78 Å². The SMILES string of the molecule is CC(CN(C)C(=O)C1(C)CC1(F)F)C(=O)O. The van der Waals surface area contributed by atoms with Gasteiger partial charge in [0.1, 0.15) is 5.41 Å². The number of halogens is 2. The van der Waals surface area contributed by atoms with Crippen molar-refractivity contribution in [1.29, 1.82) is 0 Å². The number of carbonyl (C=O) groups excluding carboxylic acids is 1. The van der Waals surface area contributed by atoms with Crippen molar-refractivity contribution in [2.75, 3.05) is 13.6 Å². The monoisotopic (exact) mass is 235 g/mol. The summed E-state index contributed by atoms with van der Waals surface area (Å²) in [6.07, 6.45) is -0.454. The Morgan fingerprint density at radius 1 is 1.50 bits per heavy atom. The van der Waals surface area contributed by atoms with Crippen molar-refractivity contribution in [3.63, 3.8) is 0 Å². The molecule has 0 radical (unpaired) electrons. The molecule has 0 saturated heterocycles. The molecule has 0 aromatic rings. The normalized spacial score (nSPS) is 28.3. The van der Waals surface area contributed by atoms with E-state index < -0.39 is 35.6 Å². The fourth-order valence-electron chi connectivity index (χ4n) is 1.62. The maximum Gasteiger partial charge on any atom is 0.308 e. The summed E-state index contributed by atoms with van der Waals surface area (Å²) in [7, 11) is 1.35. The maximum absolute atomic E-state index is 12.9. The molecule has 2 atom stereocenters. The van der Waals surface area contributed by atoms with E-state index in [-0.39, 0.29) is 6.54 Å². The lowest BCUT2D eigenvalue weighted by atomic mass is 10.1. The fourth-order valence-corrected chi connectivity index (χ4v) is 1.62. The van der Waals surface area contributed by atoms with Crippen LogP contribution in [0.15, 0.2) is 0 Å². The largest absolute Gasteiger partial charge is 0.481 e. The van der Waals surface area contributed by atoms with E-state index in [4.69, 9.17) is 5.11 Å². The first kappa shape index (κ1) is 12.9. The van der Waals surface area contributed by atoms with Crippen LogP contribution < -0.4 is 0 Å². The van der Waals surface area contributed by atoms with Gasteiger partial charge in [0.05, 0.1) is 5.92 Å². The first-order chi connectivity index (χ1) is 7.12. The number of rotatable bonds is 4. The Kier molecular flexibility index (Phi) is 2.96. The van der Waals surface area contributed by atoms with Crippen molar-refractivity contribution in [2.45, 2.75) is 26.2 Å². The summed E-state index contributed by atoms with van der Waals surface area (Å²) < 4.78 is 25.8. The summed E-state index contributed by atoms with van der Waals surface area (Å²) in [5.74, 6) is -5.45. The van der Waals surface area contributed by atoms with Crippen molar-refractivity contribution in [3.05, 3.63) is 0 Å². The second-order valence-corrected chi connectivity index (χ2v) is 4.64. The zero-order valence-electron chi connectivity index (χ0n) is 9.46. The summed E-state index contributed by atoms with van der Waals surface area (Å²) in [4.78, 5) is 23.3. The third-order valence-corrected chi connectivity index (χ3v) is 3.05. The highest BCUT2D eigenvalue weighted by molar-refractivity contribution is 5.87. The number of hydrogen-bond donors (Lipinski definition) is 1. The van der Waals surface area contributed by atoms with Gasteiger partial charge in [0.15, 0.2) is 0 Å². The third kappa shape index (κ3) is 2.01. The molecule has 4 nitrogen and oxygen atoms in total. The Bertz CT molecular complexity index is 332. The van der Waals surface area contributed by atoms with E-state index in [9.17, 15) is 18.4 Å². The van der Waals surface area contributed by atoms with Gasteiger partial charge in [0, 0.05) is 20.0 Å². The summed E-state index contributed by atoms with van der Waals surface area (Å²) in [6, 6.07) is 0. The zero-order valence-corrected chi connectivity index (χ0v) is 9.46. The molecule has 1 aliphatic carbocycles. The topological polar surface area (TPSA) is 57.6 Å². The minimum Gasteiger partial charge on any atom is -0.481 e. The van der Waals surface area contributed by atoms with Crippen LogP contribution in [0.2, 0.25) is 0 Å². The highest BCUT2D eigenvalue weighted by Gasteiger charge is 2.73. The van der Waals surface area contributed by atoms with E-state index in [0.29, 0.717) is 0 Å². The van der Waals surface area contributed by atoms with E-state index in [1.807, 2.05) is 0 Å². The van der Waals surface area contributed by atoms with Gasteiger partial charge in [-0.25, -0.2) is 8.78 Å². The predicted octanol–water partition coefficient (Wildman–Crippen LogP) is 1.21. The molecule has 2 unspecified atom stereocenters. The Morgan fingerprint density at radius 3 is 2.25 bits per heavy atom. The van der Waals surface area contributed by atoms with Crippen LogP contribution in [0.3, 0.4) is 0 Å². The minimum atomic E-state index is -2.95. The van der Waals surface area contributed by atoms with Gasteiger partial charge in [-0.05, 0) is 6.92 Å². The predicted molar refractivity (Wildman–Crippen MR) is 52.1 cm³/mol. The summed E-state index contributed by atoms with van der Waals surface area (Å²) in [6.45, 7) is 2.58. The highest BCUT2D eigenvalue weighted by atomic mass is 19.3. The van der Waals surface area contributed by atoms with Crippen molar-refractivity contribution >= 4 is 11.9 Å². The molecule has 0 heterocycles. The van der Waals surface area contributed by atoms with Gasteiger partial charge in [-0.3, -0.25) is 9.59 Å². The molecule has 1 N–H and O–H groups in total. The Labute approximate surface area is 92.2 Å². The molecule has 1 aliphatic rings. The van der Waals surface area contributed by atoms with Gasteiger partial charge >= 0.3 is 5.97 Å². The van der Waals surface area contributed by atoms with E-state index in [1.54, 1.807) is 0 Å². The van der Waals surface area contributed by atoms with Crippen molar-refractivity contribution < 1.29 is 23.5 Å². The quantitative estimate of drug-likeness (QED) is 0.796. The van der Waals surface area contributed by atoms with Crippen LogP contribution in [-0.4, -0.2) is 41.4 Å². The standard InChI is InChI=1S/C10H15F2NO3/c1-6(7(14)15)4-13(3)8(16)9(2)5-10(9,11)12/h6H,4-5H2,1-3H3,(H,14,15). The average Bonchev–Trinajstić information content (AvgIpc) is 2.65. The highest BCUT2D eigenvalue weighted by Crippen LogP contribution is 2.60. The molecule has 0 aromatic heterocycles. The van der Waals surface area contributed by atoms with Crippen molar-refractivity contribution in [1.82, 2.24) is 4.90 Å². The number of carbonyl (C=O) groups is 2. The van der Waals surface area contributed by atoms with Crippen LogP contribution in [0.25, 0.3) is 0 Å². The van der Waals surface area contributed by atoms with E-state index in [2.05, 4.69) is 0 Å². The average molecular weight is 235 g/mol. The molecule has 0 aliphatic heterocycles. The number of aliphatic carboxylic acids is 1. The first-order valence-electron chi connectivity index (χ1n) is 4.98. The number of hydrogen-bond acceptors (Lipinski definition) is 2. The van der Waals surface area contributed by atoms with Gasteiger partial charge in [0.2, 0.25) is 5.91 Å². The molecule has 0 bridgehead atoms. The molecular weight excluding hydrogens is 220 g/mol. The lowest BCUT2D eigenvalue weighted by molar-refractivity contribution is -0.144. The zero-order chi connectivity index (χ0) is 12.7. The molecule has 1 fully saturated rings. The molecule has 6 heteroatoms. The number of nitrogens with zero attached hydrogens (tertiary/aromatic N) is 1. The number of alkyl halides is 2. The molecule has 16 heavy (non-hydrogen) atoms. The third-order valence-electron chi connectivity index (χ3n) is 3.05. The van der Waals surface area contributed by atoms with E-state index >= 15 is 0 Å². The van der Waals surface area contributed by atoms with Gasteiger partial charge in [0.25, 0.3) is 5.92 Å². The van der Waals surface area contributed by atoms with Gasteiger partial charge in [-0.2, -0.15) is 0 Å².